The quantitative estimate of drug-likeness (QED) is 0.0791. The van der Waals surface area contributed by atoms with E-state index < -0.39 is 77.2 Å². The number of tetrazole rings is 2. The molecule has 3 aliphatic rings. The normalized spacial score (nSPS) is 20.7. The van der Waals surface area contributed by atoms with Crippen LogP contribution in [0.25, 0.3) is 0 Å². The first-order valence-electron chi connectivity index (χ1n) is 14.8. The molecule has 0 spiro atoms. The van der Waals surface area contributed by atoms with Gasteiger partial charge in [-0.15, -0.1) is 43.9 Å². The Hall–Kier alpha value is -4.99. The van der Waals surface area contributed by atoms with Crippen molar-refractivity contribution in [3.63, 3.8) is 0 Å². The van der Waals surface area contributed by atoms with Gasteiger partial charge >= 0.3 is 11.9 Å². The lowest BCUT2D eigenvalue weighted by atomic mass is 10.0. The lowest BCUT2D eigenvalue weighted by Gasteiger charge is -2.51. The van der Waals surface area contributed by atoms with Gasteiger partial charge in [-0.2, -0.15) is 0 Å². The van der Waals surface area contributed by atoms with Crippen molar-refractivity contribution >= 4 is 82.2 Å². The minimum Gasteiger partial charge on any atom is -0.480 e. The average Bonchev–Trinajstić information content (AvgIpc) is 3.91. The number of thioether (sulfide) groups is 3. The number of hydrogen-bond donors (Lipinski definition) is 5. The third-order valence-electron chi connectivity index (χ3n) is 7.58. The van der Waals surface area contributed by atoms with E-state index in [4.69, 9.17) is 0 Å². The molecule has 4 atom stereocenters. The number of aliphatic hydroxyl groups excluding tert-OH is 1. The Kier molecular flexibility index (Phi) is 11.1. The minimum atomic E-state index is -1.88. The first-order valence-corrected chi connectivity index (χ1v) is 18.7. The molecule has 3 aliphatic heterocycles. The van der Waals surface area contributed by atoms with Gasteiger partial charge < -0.3 is 26.0 Å². The minimum absolute atomic E-state index is 0.100. The van der Waals surface area contributed by atoms with Crippen molar-refractivity contribution < 1.29 is 44.1 Å². The second-order valence-electron chi connectivity index (χ2n) is 11.0. The molecule has 6 heterocycles. The molecule has 3 aromatic rings. The van der Waals surface area contributed by atoms with Crippen molar-refractivity contribution in [2.45, 2.75) is 47.2 Å². The summed E-state index contributed by atoms with van der Waals surface area (Å²) < 4.78 is 2.73. The number of nitrogens with one attached hydrogen (secondary N) is 2. The Bertz CT molecular complexity index is 1950. The van der Waals surface area contributed by atoms with Crippen LogP contribution >= 0.6 is 46.6 Å². The molecule has 52 heavy (non-hydrogen) atoms. The molecule has 3 aromatic heterocycles. The summed E-state index contributed by atoms with van der Waals surface area (Å²) in [5.41, 5.74) is -0.654. The van der Waals surface area contributed by atoms with Crippen LogP contribution in [0.5, 0.6) is 0 Å². The molecule has 27 heteroatoms. The first-order chi connectivity index (χ1) is 25.0. The number of carboxylic acids is 2. The number of carbonyl (C=O) groups excluding carboxylic acids is 4. The Morgan fingerprint density at radius 1 is 0.962 bits per heavy atom. The number of β-lactam (4-membered cyclic amide) rings is 1. The zero-order valence-corrected chi connectivity index (χ0v) is 29.8. The van der Waals surface area contributed by atoms with Gasteiger partial charge in [0.25, 0.3) is 11.8 Å². The van der Waals surface area contributed by atoms with E-state index in [9.17, 15) is 44.1 Å². The second-order valence-corrected chi connectivity index (χ2v) is 15.6. The average molecular weight is 795 g/mol. The third kappa shape index (κ3) is 7.61. The lowest BCUT2D eigenvalue weighted by Crippen LogP contribution is -2.71. The van der Waals surface area contributed by atoms with E-state index in [0.717, 1.165) is 32.4 Å². The van der Waals surface area contributed by atoms with Gasteiger partial charge in [0.2, 0.25) is 11.8 Å². The maximum Gasteiger partial charge on any atom is 0.352 e. The number of rotatable bonds is 14. The highest BCUT2D eigenvalue weighted by Gasteiger charge is 2.56. The maximum atomic E-state index is 14.9. The number of carboxylic acid groups (broad SMARTS) is 2. The number of carbonyl (C=O) groups is 6. The SMILES string of the molecule is Cc1nnc(SCC2=C(C(=O)N3C(C(=O)O)=C(CO)CS[C@@H]3C(NC(=O)Cn3cnnn3)C(=O)O)N3C(=O)[C@@H](NC(=O)Cn4cnnn4)[C@H]3SC2)s1. The zero-order chi connectivity index (χ0) is 37.1. The summed E-state index contributed by atoms with van der Waals surface area (Å²) in [6.45, 7) is 0.183. The summed E-state index contributed by atoms with van der Waals surface area (Å²) >= 11 is 4.57. The van der Waals surface area contributed by atoms with E-state index >= 15 is 0 Å². The van der Waals surface area contributed by atoms with E-state index in [0.29, 0.717) is 19.8 Å². The van der Waals surface area contributed by atoms with Gasteiger partial charge in [-0.3, -0.25) is 29.0 Å². The highest BCUT2D eigenvalue weighted by Crippen LogP contribution is 2.44. The molecule has 23 nitrogen and oxygen atoms in total. The Balaban J connectivity index is 1.36. The number of nitrogens with zero attached hydrogens (tertiary/aromatic N) is 12. The topological polar surface area (TPSA) is 307 Å². The van der Waals surface area contributed by atoms with Crippen LogP contribution in [0.15, 0.2) is 39.5 Å². The smallest absolute Gasteiger partial charge is 0.352 e. The van der Waals surface area contributed by atoms with Crippen LogP contribution in [0.4, 0.5) is 0 Å². The summed E-state index contributed by atoms with van der Waals surface area (Å²) in [4.78, 5) is 81.7. The molecule has 0 saturated carbocycles. The molecule has 0 aromatic carbocycles. The van der Waals surface area contributed by atoms with Gasteiger partial charge in [0, 0.05) is 17.3 Å². The van der Waals surface area contributed by atoms with Crippen LogP contribution in [0.2, 0.25) is 0 Å². The molecule has 0 bridgehead atoms. The van der Waals surface area contributed by atoms with E-state index in [-0.39, 0.29) is 35.1 Å². The van der Waals surface area contributed by atoms with Crippen molar-refractivity contribution in [1.82, 2.24) is 71.0 Å². The van der Waals surface area contributed by atoms with Crippen molar-refractivity contribution in [2.24, 2.45) is 0 Å². The molecule has 0 aliphatic carbocycles. The van der Waals surface area contributed by atoms with Crippen molar-refractivity contribution in [2.75, 3.05) is 23.9 Å². The number of aromatic nitrogens is 10. The molecule has 1 saturated heterocycles. The van der Waals surface area contributed by atoms with Crippen LogP contribution in [-0.2, 0) is 41.9 Å². The van der Waals surface area contributed by atoms with Crippen LogP contribution < -0.4 is 10.6 Å². The predicted molar refractivity (Wildman–Crippen MR) is 177 cm³/mol. The Labute approximate surface area is 307 Å². The molecule has 0 radical (unpaired) electrons. The van der Waals surface area contributed by atoms with Crippen LogP contribution in [0.1, 0.15) is 5.01 Å². The Morgan fingerprint density at radius 3 is 2.21 bits per heavy atom. The largest absolute Gasteiger partial charge is 0.480 e. The van der Waals surface area contributed by atoms with Crippen LogP contribution in [0.3, 0.4) is 0 Å². The molecule has 1 fully saturated rings. The molecule has 1 unspecified atom stereocenters. The van der Waals surface area contributed by atoms with E-state index in [1.807, 2.05) is 0 Å². The van der Waals surface area contributed by atoms with Crippen molar-refractivity contribution in [3.8, 4) is 0 Å². The van der Waals surface area contributed by atoms with Gasteiger partial charge in [-0.25, -0.2) is 19.0 Å². The molecular weight excluding hydrogens is 769 g/mol. The van der Waals surface area contributed by atoms with Crippen molar-refractivity contribution in [3.05, 3.63) is 40.2 Å². The van der Waals surface area contributed by atoms with Gasteiger partial charge in [-0.1, -0.05) is 23.1 Å². The second kappa shape index (κ2) is 15.7. The number of aliphatic hydroxyl groups is 1. The number of aryl methyl sites for hydroxylation is 1. The van der Waals surface area contributed by atoms with Crippen molar-refractivity contribution in [1.29, 1.82) is 0 Å². The Morgan fingerprint density at radius 2 is 1.63 bits per heavy atom. The lowest BCUT2D eigenvalue weighted by molar-refractivity contribution is -0.150. The van der Waals surface area contributed by atoms with E-state index in [1.165, 1.54) is 41.2 Å². The number of fused-ring (bicyclic) bond motifs is 1. The molecule has 5 N–H and O–H groups in total. The van der Waals surface area contributed by atoms with Crippen LogP contribution in [0, 0.1) is 6.92 Å². The fourth-order valence-electron chi connectivity index (χ4n) is 5.35. The number of amides is 4. The summed E-state index contributed by atoms with van der Waals surface area (Å²) in [6.07, 6.45) is 2.34. The highest BCUT2D eigenvalue weighted by molar-refractivity contribution is 8.02. The summed E-state index contributed by atoms with van der Waals surface area (Å²) in [5, 5.41) is 63.1. The standard InChI is InChI=1S/C25H26N14O9S4/c1-10-30-31-25(52-10)51-7-12-6-50-21-15(28-13(41)2-36-8-26-32-34-36)19(43)38(21)17(12)20(44)39-18(24(47)48)11(4-40)5-49-22(39)16(23(45)46)29-14(42)3-37-9-27-33-35-37/h8-9,15-16,21-22,40H,2-7H2,1H3,(H,28,41)(H,29,42)(H,45,46)(H,47,48)/t15-,16?,21-,22-/m1/s1. The number of aliphatic carboxylic acids is 2. The zero-order valence-electron chi connectivity index (χ0n) is 26.5. The van der Waals surface area contributed by atoms with Gasteiger partial charge in [0.15, 0.2) is 10.4 Å². The molecule has 274 valence electrons. The first kappa shape index (κ1) is 36.8. The van der Waals surface area contributed by atoms with Gasteiger partial charge in [0.05, 0.1) is 6.61 Å². The van der Waals surface area contributed by atoms with E-state index in [1.54, 1.807) is 6.92 Å². The fourth-order valence-corrected chi connectivity index (χ4v) is 9.98. The third-order valence-corrected chi connectivity index (χ3v) is 12.3. The van der Waals surface area contributed by atoms with E-state index in [2.05, 4.69) is 51.9 Å². The fraction of sp³-hybridized carbons (Fsp3) is 0.440. The van der Waals surface area contributed by atoms with Gasteiger partial charge in [-0.05, 0) is 38.9 Å². The van der Waals surface area contributed by atoms with Gasteiger partial charge in [0.1, 0.15) is 58.9 Å². The molecule has 4 amide bonds. The molecule has 6 rings (SSSR count). The summed E-state index contributed by atoms with van der Waals surface area (Å²) in [5.74, 6) is -6.41. The highest BCUT2D eigenvalue weighted by atomic mass is 32.2. The predicted octanol–water partition coefficient (Wildman–Crippen LogP) is -3.23. The number of hydrogen-bond acceptors (Lipinski definition) is 19. The van der Waals surface area contributed by atoms with Crippen LogP contribution in [-0.4, -0.2) is 158 Å². The monoisotopic (exact) mass is 794 g/mol. The maximum absolute atomic E-state index is 14.9. The molecular formula is C25H26N14O9S4. The summed E-state index contributed by atoms with van der Waals surface area (Å²) in [6, 6.07) is -2.96. The summed E-state index contributed by atoms with van der Waals surface area (Å²) in [7, 11) is 0.